The lowest BCUT2D eigenvalue weighted by atomic mass is 10.1. The minimum absolute atomic E-state index is 0.136. The molecule has 1 aliphatic heterocycles. The third-order valence-corrected chi connectivity index (χ3v) is 3.74. The zero-order valence-electron chi connectivity index (χ0n) is 13.8. The minimum atomic E-state index is -0.983. The van der Waals surface area contributed by atoms with Gasteiger partial charge in [0.05, 0.1) is 17.7 Å². The normalized spacial score (nSPS) is 16.7. The SMILES string of the molecule is CC(C)c1nc(NC(=O)C[C@H]2NC(=O)c3ccccc3NC2=O)n[nH]1. The lowest BCUT2D eigenvalue weighted by Gasteiger charge is -2.13. The van der Waals surface area contributed by atoms with Gasteiger partial charge in [-0.3, -0.25) is 24.8 Å². The Morgan fingerprint density at radius 3 is 2.76 bits per heavy atom. The number of amides is 3. The van der Waals surface area contributed by atoms with Crippen molar-refractivity contribution in [1.29, 1.82) is 0 Å². The molecule has 0 saturated heterocycles. The summed E-state index contributed by atoms with van der Waals surface area (Å²) in [5.74, 6) is -0.411. The summed E-state index contributed by atoms with van der Waals surface area (Å²) in [6.45, 7) is 3.88. The molecule has 130 valence electrons. The standard InChI is InChI=1S/C16H18N6O3/c1-8(2)13-20-16(22-21-13)19-12(23)7-11-15(25)17-10-6-4-3-5-9(10)14(24)18-11/h3-6,8,11H,7H2,1-2H3,(H,17,25)(H,18,24)(H2,19,20,21,22,23)/t11-/m1/s1. The van der Waals surface area contributed by atoms with Crippen molar-refractivity contribution in [3.8, 4) is 0 Å². The molecule has 0 saturated carbocycles. The lowest BCUT2D eigenvalue weighted by Crippen LogP contribution is -2.43. The number of anilines is 2. The molecule has 2 heterocycles. The van der Waals surface area contributed by atoms with Crippen LogP contribution in [0.4, 0.5) is 11.6 Å². The van der Waals surface area contributed by atoms with Crippen molar-refractivity contribution < 1.29 is 14.4 Å². The number of hydrogen-bond acceptors (Lipinski definition) is 5. The van der Waals surface area contributed by atoms with Gasteiger partial charge < -0.3 is 10.6 Å². The molecule has 9 heteroatoms. The minimum Gasteiger partial charge on any atom is -0.340 e. The van der Waals surface area contributed by atoms with Gasteiger partial charge in [-0.15, -0.1) is 5.10 Å². The van der Waals surface area contributed by atoms with Crippen LogP contribution in [0.25, 0.3) is 0 Å². The highest BCUT2D eigenvalue weighted by atomic mass is 16.2. The Morgan fingerprint density at radius 1 is 1.28 bits per heavy atom. The quantitative estimate of drug-likeness (QED) is 0.659. The molecule has 2 aromatic rings. The van der Waals surface area contributed by atoms with E-state index in [9.17, 15) is 14.4 Å². The third kappa shape index (κ3) is 3.65. The molecule has 1 aliphatic rings. The molecule has 1 aromatic carbocycles. The van der Waals surface area contributed by atoms with E-state index in [-0.39, 0.29) is 18.3 Å². The van der Waals surface area contributed by atoms with Crippen LogP contribution in [0.15, 0.2) is 24.3 Å². The first-order valence-corrected chi connectivity index (χ1v) is 7.87. The monoisotopic (exact) mass is 342 g/mol. The molecule has 0 radical (unpaired) electrons. The van der Waals surface area contributed by atoms with Crippen molar-refractivity contribution in [2.24, 2.45) is 0 Å². The molecule has 4 N–H and O–H groups in total. The van der Waals surface area contributed by atoms with Gasteiger partial charge in [-0.25, -0.2) is 0 Å². The summed E-state index contributed by atoms with van der Waals surface area (Å²) < 4.78 is 0. The van der Waals surface area contributed by atoms with Crippen LogP contribution in [0, 0.1) is 0 Å². The second-order valence-corrected chi connectivity index (χ2v) is 6.01. The maximum absolute atomic E-state index is 12.3. The zero-order valence-corrected chi connectivity index (χ0v) is 13.8. The summed E-state index contributed by atoms with van der Waals surface area (Å²) in [4.78, 5) is 40.8. The van der Waals surface area contributed by atoms with Crippen LogP contribution in [0.1, 0.15) is 42.4 Å². The van der Waals surface area contributed by atoms with Crippen molar-refractivity contribution in [2.45, 2.75) is 32.2 Å². The molecule has 0 spiro atoms. The number of carbonyl (C=O) groups excluding carboxylic acids is 3. The predicted octanol–water partition coefficient (Wildman–Crippen LogP) is 1.01. The molecule has 1 aromatic heterocycles. The van der Waals surface area contributed by atoms with Gasteiger partial charge in [-0.2, -0.15) is 4.98 Å². The lowest BCUT2D eigenvalue weighted by molar-refractivity contribution is -0.122. The van der Waals surface area contributed by atoms with Gasteiger partial charge in [-0.05, 0) is 12.1 Å². The average molecular weight is 342 g/mol. The molecule has 3 amide bonds. The highest BCUT2D eigenvalue weighted by molar-refractivity contribution is 6.11. The summed E-state index contributed by atoms with van der Waals surface area (Å²) in [7, 11) is 0. The molecule has 0 fully saturated rings. The van der Waals surface area contributed by atoms with Crippen LogP contribution < -0.4 is 16.0 Å². The van der Waals surface area contributed by atoms with Gasteiger partial charge in [0, 0.05) is 5.92 Å². The highest BCUT2D eigenvalue weighted by Gasteiger charge is 2.29. The van der Waals surface area contributed by atoms with Crippen molar-refractivity contribution >= 4 is 29.4 Å². The van der Waals surface area contributed by atoms with Crippen molar-refractivity contribution in [3.63, 3.8) is 0 Å². The number of nitrogens with zero attached hydrogens (tertiary/aromatic N) is 2. The van der Waals surface area contributed by atoms with E-state index in [1.54, 1.807) is 24.3 Å². The summed E-state index contributed by atoms with van der Waals surface area (Å²) in [6, 6.07) is 5.68. The third-order valence-electron chi connectivity index (χ3n) is 3.74. The van der Waals surface area contributed by atoms with E-state index >= 15 is 0 Å². The molecule has 25 heavy (non-hydrogen) atoms. The van der Waals surface area contributed by atoms with Gasteiger partial charge in [0.1, 0.15) is 11.9 Å². The fourth-order valence-corrected chi connectivity index (χ4v) is 2.40. The Bertz CT molecular complexity index is 829. The summed E-state index contributed by atoms with van der Waals surface area (Å²) in [5.41, 5.74) is 0.776. The number of hydrogen-bond donors (Lipinski definition) is 4. The molecule has 1 atom stereocenters. The van der Waals surface area contributed by atoms with E-state index in [1.807, 2.05) is 13.8 Å². The topological polar surface area (TPSA) is 129 Å². The average Bonchev–Trinajstić information content (AvgIpc) is 2.98. The number of carbonyl (C=O) groups is 3. The maximum atomic E-state index is 12.3. The van der Waals surface area contributed by atoms with Crippen molar-refractivity contribution in [2.75, 3.05) is 10.6 Å². The zero-order chi connectivity index (χ0) is 18.0. The van der Waals surface area contributed by atoms with Crippen LogP contribution in [0.5, 0.6) is 0 Å². The summed E-state index contributed by atoms with van der Waals surface area (Å²) in [6.07, 6.45) is -0.225. The first kappa shape index (κ1) is 16.6. The first-order chi connectivity index (χ1) is 11.9. The highest BCUT2D eigenvalue weighted by Crippen LogP contribution is 2.19. The first-order valence-electron chi connectivity index (χ1n) is 7.87. The maximum Gasteiger partial charge on any atom is 0.254 e. The molecule has 0 bridgehead atoms. The van der Waals surface area contributed by atoms with Gasteiger partial charge in [0.25, 0.3) is 5.91 Å². The number of benzene rings is 1. The number of fused-ring (bicyclic) bond motifs is 1. The van der Waals surface area contributed by atoms with Crippen LogP contribution in [0.2, 0.25) is 0 Å². The van der Waals surface area contributed by atoms with Crippen LogP contribution >= 0.6 is 0 Å². The number of para-hydroxylation sites is 1. The molecule has 0 unspecified atom stereocenters. The second kappa shape index (κ2) is 6.71. The number of rotatable bonds is 4. The number of aromatic nitrogens is 3. The van der Waals surface area contributed by atoms with Crippen molar-refractivity contribution in [1.82, 2.24) is 20.5 Å². The van der Waals surface area contributed by atoms with E-state index in [0.717, 1.165) is 0 Å². The van der Waals surface area contributed by atoms with E-state index in [1.165, 1.54) is 0 Å². The summed E-state index contributed by atoms with van der Waals surface area (Å²) >= 11 is 0. The Labute approximate surface area is 143 Å². The van der Waals surface area contributed by atoms with E-state index in [4.69, 9.17) is 0 Å². The van der Waals surface area contributed by atoms with Gasteiger partial charge in [0.2, 0.25) is 17.8 Å². The number of H-pyrrole nitrogens is 1. The molecule has 0 aliphatic carbocycles. The smallest absolute Gasteiger partial charge is 0.254 e. The fraction of sp³-hybridized carbons (Fsp3) is 0.312. The number of nitrogens with one attached hydrogen (secondary N) is 4. The Balaban J connectivity index is 1.67. The largest absolute Gasteiger partial charge is 0.340 e. The van der Waals surface area contributed by atoms with Gasteiger partial charge >= 0.3 is 0 Å². The summed E-state index contributed by atoms with van der Waals surface area (Å²) in [5, 5.41) is 14.4. The number of aromatic amines is 1. The van der Waals surface area contributed by atoms with E-state index in [2.05, 4.69) is 31.1 Å². The fourth-order valence-electron chi connectivity index (χ4n) is 2.40. The van der Waals surface area contributed by atoms with Crippen LogP contribution in [-0.2, 0) is 9.59 Å². The van der Waals surface area contributed by atoms with Crippen LogP contribution in [0.3, 0.4) is 0 Å². The van der Waals surface area contributed by atoms with Gasteiger partial charge in [0.15, 0.2) is 0 Å². The molecular weight excluding hydrogens is 324 g/mol. The molecule has 9 nitrogen and oxygen atoms in total. The van der Waals surface area contributed by atoms with Crippen LogP contribution in [-0.4, -0.2) is 38.9 Å². The van der Waals surface area contributed by atoms with Crippen molar-refractivity contribution in [3.05, 3.63) is 35.7 Å². The molecule has 3 rings (SSSR count). The Kier molecular flexibility index (Phi) is 4.46. The predicted molar refractivity (Wildman–Crippen MR) is 90.0 cm³/mol. The second-order valence-electron chi connectivity index (χ2n) is 6.01. The van der Waals surface area contributed by atoms with E-state index in [0.29, 0.717) is 17.1 Å². The molecular formula is C16H18N6O3. The Hall–Kier alpha value is -3.23. The van der Waals surface area contributed by atoms with Gasteiger partial charge in [-0.1, -0.05) is 26.0 Å². The Morgan fingerprint density at radius 2 is 2.04 bits per heavy atom. The van der Waals surface area contributed by atoms with E-state index < -0.39 is 23.8 Å².